The van der Waals surface area contributed by atoms with Crippen molar-refractivity contribution in [3.05, 3.63) is 0 Å². The van der Waals surface area contributed by atoms with Gasteiger partial charge in [-0.15, -0.1) is 0 Å². The van der Waals surface area contributed by atoms with Gasteiger partial charge in [-0.05, 0) is 27.2 Å². The lowest BCUT2D eigenvalue weighted by Crippen LogP contribution is -2.29. The standard InChI is InChI=1S/C18H38O8/c1-18(2,3)26-14-12-24-16-17(25-13-11-22-8-6-20)15-23-10-9-21-7-4-5-19/h17,19-20H,4-16H2,1-3H3. The van der Waals surface area contributed by atoms with E-state index in [4.69, 9.17) is 38.6 Å². The summed E-state index contributed by atoms with van der Waals surface area (Å²) in [4.78, 5) is 0. The minimum atomic E-state index is -0.209. The Bertz CT molecular complexity index is 283. The molecule has 1 atom stereocenters. The second kappa shape index (κ2) is 18.1. The summed E-state index contributed by atoms with van der Waals surface area (Å²) >= 11 is 0. The largest absolute Gasteiger partial charge is 0.396 e. The highest BCUT2D eigenvalue weighted by Crippen LogP contribution is 2.06. The number of aliphatic hydroxyl groups is 2. The summed E-state index contributed by atoms with van der Waals surface area (Å²) in [6.45, 7) is 10.5. The molecule has 0 aliphatic rings. The minimum Gasteiger partial charge on any atom is -0.396 e. The van der Waals surface area contributed by atoms with Crippen LogP contribution < -0.4 is 0 Å². The van der Waals surface area contributed by atoms with Gasteiger partial charge in [0.25, 0.3) is 0 Å². The number of hydrogen-bond acceptors (Lipinski definition) is 8. The van der Waals surface area contributed by atoms with Crippen LogP contribution in [0.3, 0.4) is 0 Å². The van der Waals surface area contributed by atoms with Gasteiger partial charge in [0.15, 0.2) is 0 Å². The number of aliphatic hydroxyl groups excluding tert-OH is 2. The molecule has 0 heterocycles. The van der Waals surface area contributed by atoms with Crippen molar-refractivity contribution in [3.63, 3.8) is 0 Å². The molecule has 1 unspecified atom stereocenters. The molecular formula is C18H38O8. The number of ether oxygens (including phenoxy) is 6. The molecule has 0 aromatic rings. The fourth-order valence-electron chi connectivity index (χ4n) is 1.81. The Hall–Kier alpha value is -0.320. The Morgan fingerprint density at radius 3 is 1.85 bits per heavy atom. The Morgan fingerprint density at radius 2 is 1.23 bits per heavy atom. The van der Waals surface area contributed by atoms with E-state index in [2.05, 4.69) is 0 Å². The van der Waals surface area contributed by atoms with Crippen LogP contribution >= 0.6 is 0 Å². The Balaban J connectivity index is 3.85. The molecule has 0 spiro atoms. The summed E-state index contributed by atoms with van der Waals surface area (Å²) in [5.74, 6) is 0. The van der Waals surface area contributed by atoms with E-state index in [0.29, 0.717) is 72.5 Å². The molecule has 0 aromatic carbocycles. The zero-order valence-electron chi connectivity index (χ0n) is 16.6. The van der Waals surface area contributed by atoms with E-state index < -0.39 is 0 Å². The third-order valence-electron chi connectivity index (χ3n) is 3.01. The molecule has 158 valence electrons. The fourth-order valence-corrected chi connectivity index (χ4v) is 1.81. The highest BCUT2D eigenvalue weighted by atomic mass is 16.6. The van der Waals surface area contributed by atoms with Gasteiger partial charge in [-0.1, -0.05) is 0 Å². The van der Waals surface area contributed by atoms with Crippen molar-refractivity contribution < 1.29 is 38.6 Å². The lowest BCUT2D eigenvalue weighted by Gasteiger charge is -2.21. The van der Waals surface area contributed by atoms with Crippen LogP contribution in [0.5, 0.6) is 0 Å². The first kappa shape index (κ1) is 25.7. The van der Waals surface area contributed by atoms with Gasteiger partial charge in [0.05, 0.1) is 71.7 Å². The van der Waals surface area contributed by atoms with Gasteiger partial charge in [0.2, 0.25) is 0 Å². The van der Waals surface area contributed by atoms with Gasteiger partial charge in [-0.3, -0.25) is 0 Å². The molecule has 0 saturated heterocycles. The topological polar surface area (TPSA) is 95.8 Å². The lowest BCUT2D eigenvalue weighted by atomic mass is 10.2. The predicted molar refractivity (Wildman–Crippen MR) is 97.5 cm³/mol. The summed E-state index contributed by atoms with van der Waals surface area (Å²) in [5.41, 5.74) is -0.178. The summed E-state index contributed by atoms with van der Waals surface area (Å²) in [7, 11) is 0. The van der Waals surface area contributed by atoms with Crippen LogP contribution in [0.15, 0.2) is 0 Å². The molecular weight excluding hydrogens is 344 g/mol. The van der Waals surface area contributed by atoms with E-state index in [0.717, 1.165) is 0 Å². The van der Waals surface area contributed by atoms with Crippen molar-refractivity contribution in [2.45, 2.75) is 38.9 Å². The summed E-state index contributed by atoms with van der Waals surface area (Å²) in [6.07, 6.45) is 0.421. The predicted octanol–water partition coefficient (Wildman–Crippen LogP) is 0.628. The SMILES string of the molecule is CC(C)(C)OCCOCC(COCCOCCCO)OCCOCCO. The van der Waals surface area contributed by atoms with Crippen LogP contribution in [-0.4, -0.2) is 101 Å². The van der Waals surface area contributed by atoms with E-state index in [1.807, 2.05) is 20.8 Å². The molecule has 0 aromatic heterocycles. The van der Waals surface area contributed by atoms with Gasteiger partial charge in [-0.2, -0.15) is 0 Å². The van der Waals surface area contributed by atoms with E-state index in [1.54, 1.807) is 0 Å². The van der Waals surface area contributed by atoms with Crippen LogP contribution in [0.1, 0.15) is 27.2 Å². The van der Waals surface area contributed by atoms with Crippen molar-refractivity contribution in [2.75, 3.05) is 79.3 Å². The number of rotatable bonds is 19. The molecule has 0 fully saturated rings. The van der Waals surface area contributed by atoms with Crippen molar-refractivity contribution >= 4 is 0 Å². The van der Waals surface area contributed by atoms with E-state index in [1.165, 1.54) is 0 Å². The van der Waals surface area contributed by atoms with Gasteiger partial charge in [-0.25, -0.2) is 0 Å². The Labute approximate surface area is 157 Å². The van der Waals surface area contributed by atoms with Crippen LogP contribution in [0, 0.1) is 0 Å². The van der Waals surface area contributed by atoms with Crippen LogP contribution in [0.2, 0.25) is 0 Å². The zero-order valence-corrected chi connectivity index (χ0v) is 16.6. The van der Waals surface area contributed by atoms with Crippen molar-refractivity contribution in [2.24, 2.45) is 0 Å². The average molecular weight is 382 g/mol. The second-order valence-corrected chi connectivity index (χ2v) is 6.63. The maximum atomic E-state index is 8.68. The lowest BCUT2D eigenvalue weighted by molar-refractivity contribution is -0.0918. The first-order valence-electron chi connectivity index (χ1n) is 9.28. The normalized spacial score (nSPS) is 13.3. The third-order valence-corrected chi connectivity index (χ3v) is 3.01. The van der Waals surface area contributed by atoms with Gasteiger partial charge < -0.3 is 38.6 Å². The van der Waals surface area contributed by atoms with Crippen LogP contribution in [0.25, 0.3) is 0 Å². The monoisotopic (exact) mass is 382 g/mol. The summed E-state index contributed by atoms with van der Waals surface area (Å²) in [6, 6.07) is 0. The number of hydrogen-bond donors (Lipinski definition) is 2. The van der Waals surface area contributed by atoms with Crippen molar-refractivity contribution in [1.29, 1.82) is 0 Å². The van der Waals surface area contributed by atoms with Gasteiger partial charge in [0, 0.05) is 13.2 Å². The molecule has 0 bridgehead atoms. The molecule has 0 amide bonds. The highest BCUT2D eigenvalue weighted by molar-refractivity contribution is 4.59. The summed E-state index contributed by atoms with van der Waals surface area (Å²) in [5, 5.41) is 17.3. The molecule has 26 heavy (non-hydrogen) atoms. The molecule has 0 saturated carbocycles. The van der Waals surface area contributed by atoms with E-state index in [-0.39, 0.29) is 24.9 Å². The Morgan fingerprint density at radius 1 is 0.654 bits per heavy atom. The molecule has 0 radical (unpaired) electrons. The quantitative estimate of drug-likeness (QED) is 0.314. The summed E-state index contributed by atoms with van der Waals surface area (Å²) < 4.78 is 33.0. The van der Waals surface area contributed by atoms with E-state index in [9.17, 15) is 0 Å². The maximum absolute atomic E-state index is 8.68. The highest BCUT2D eigenvalue weighted by Gasteiger charge is 2.12. The average Bonchev–Trinajstić information content (AvgIpc) is 2.58. The van der Waals surface area contributed by atoms with Crippen LogP contribution in [0.4, 0.5) is 0 Å². The fraction of sp³-hybridized carbons (Fsp3) is 1.00. The van der Waals surface area contributed by atoms with Gasteiger partial charge in [0.1, 0.15) is 6.10 Å². The minimum absolute atomic E-state index is 0.000289. The second-order valence-electron chi connectivity index (χ2n) is 6.63. The third kappa shape index (κ3) is 20.0. The maximum Gasteiger partial charge on any atom is 0.104 e. The smallest absolute Gasteiger partial charge is 0.104 e. The van der Waals surface area contributed by atoms with Gasteiger partial charge >= 0.3 is 0 Å². The van der Waals surface area contributed by atoms with Crippen molar-refractivity contribution in [3.8, 4) is 0 Å². The molecule has 2 N–H and O–H groups in total. The van der Waals surface area contributed by atoms with E-state index >= 15 is 0 Å². The zero-order chi connectivity index (χ0) is 19.5. The molecule has 0 aliphatic carbocycles. The first-order chi connectivity index (χ1) is 12.5. The van der Waals surface area contributed by atoms with Crippen LogP contribution in [-0.2, 0) is 28.4 Å². The Kier molecular flexibility index (Phi) is 17.8. The van der Waals surface area contributed by atoms with Crippen molar-refractivity contribution in [1.82, 2.24) is 0 Å². The molecule has 0 rings (SSSR count). The molecule has 8 heteroatoms. The molecule has 0 aliphatic heterocycles. The molecule has 8 nitrogen and oxygen atoms in total. The first-order valence-corrected chi connectivity index (χ1v) is 9.28.